The summed E-state index contributed by atoms with van der Waals surface area (Å²) in [6.45, 7) is 3.77. The van der Waals surface area contributed by atoms with Gasteiger partial charge in [-0.2, -0.15) is 5.10 Å². The van der Waals surface area contributed by atoms with Crippen LogP contribution in [0.5, 0.6) is 0 Å². The standard InChI is InChI=1S/C39H35F5N10O5/c40-33(41)32-27(46-36(56)28-20-59-38(47-28)21-10-11-45-30(16-21)48-35(44)34(42)43)19-54(50-32)24-6-4-23(5-7-24)52-14-12-51(13-15-52)17-22-2-1-3-25-26(22)18-53(39(25)58)29-8-9-31(55)49-37(29)57/h1-7,10-11,16,19-20,29,33-35H,8-9,12-15,17-18H2,(H,45,48)(H,46,56)(H,49,55,57). The van der Waals surface area contributed by atoms with Crippen molar-refractivity contribution in [1.29, 1.82) is 0 Å². The molecule has 15 nitrogen and oxygen atoms in total. The van der Waals surface area contributed by atoms with Crippen LogP contribution in [0.25, 0.3) is 17.1 Å². The first-order valence-electron chi connectivity index (χ1n) is 18.5. The lowest BCUT2D eigenvalue weighted by Gasteiger charge is -2.36. The summed E-state index contributed by atoms with van der Waals surface area (Å²) in [6.07, 6.45) is -5.07. The Bertz CT molecular complexity index is 2400. The molecule has 0 spiro atoms. The summed E-state index contributed by atoms with van der Waals surface area (Å²) in [5.74, 6) is -2.23. The van der Waals surface area contributed by atoms with Gasteiger partial charge in [0.15, 0.2) is 11.4 Å². The van der Waals surface area contributed by atoms with Gasteiger partial charge in [-0.3, -0.25) is 29.4 Å². The van der Waals surface area contributed by atoms with Crippen molar-refractivity contribution in [2.24, 2.45) is 0 Å². The van der Waals surface area contributed by atoms with Crippen molar-refractivity contribution < 1.29 is 45.5 Å². The number of piperazine rings is 1. The van der Waals surface area contributed by atoms with Crippen LogP contribution in [0, 0.1) is 0 Å². The van der Waals surface area contributed by atoms with Crippen LogP contribution in [0.15, 0.2) is 77.7 Å². The van der Waals surface area contributed by atoms with E-state index in [-0.39, 0.29) is 46.9 Å². The molecule has 2 saturated heterocycles. The van der Waals surface area contributed by atoms with E-state index in [1.807, 2.05) is 29.6 Å². The second kappa shape index (κ2) is 16.3. The molecule has 0 bridgehead atoms. The van der Waals surface area contributed by atoms with E-state index in [2.05, 4.69) is 35.5 Å². The van der Waals surface area contributed by atoms with Gasteiger partial charge in [-0.05, 0) is 60.0 Å². The van der Waals surface area contributed by atoms with E-state index in [0.29, 0.717) is 43.9 Å². The SMILES string of the molecule is O=C1CCC(N2Cc3c(CN4CCN(c5ccc(-n6cc(NC(=O)c7coc(-c8ccnc(NC(F)C(F)F)c8)n7)c(C(F)F)n6)cc5)CC4)cccc3C2=O)C(=O)N1. The number of carbonyl (C=O) groups excluding carboxylic acids is 4. The molecule has 306 valence electrons. The summed E-state index contributed by atoms with van der Waals surface area (Å²) in [7, 11) is 0. The van der Waals surface area contributed by atoms with E-state index >= 15 is 0 Å². The minimum absolute atomic E-state index is 0.128. The third-order valence-electron chi connectivity index (χ3n) is 10.4. The normalized spacial score (nSPS) is 17.7. The van der Waals surface area contributed by atoms with Gasteiger partial charge in [-0.15, -0.1) is 0 Å². The number of aromatic nitrogens is 4. The fourth-order valence-electron chi connectivity index (χ4n) is 7.34. The number of hydrogen-bond donors (Lipinski definition) is 3. The summed E-state index contributed by atoms with van der Waals surface area (Å²) in [4.78, 5) is 64.3. The lowest BCUT2D eigenvalue weighted by atomic mass is 10.0. The van der Waals surface area contributed by atoms with Crippen molar-refractivity contribution in [3.63, 3.8) is 0 Å². The van der Waals surface area contributed by atoms with Crippen molar-refractivity contribution in [3.8, 4) is 17.1 Å². The minimum atomic E-state index is -3.29. The first-order valence-corrected chi connectivity index (χ1v) is 18.5. The zero-order valence-electron chi connectivity index (χ0n) is 31.0. The zero-order valence-corrected chi connectivity index (χ0v) is 31.0. The van der Waals surface area contributed by atoms with Gasteiger partial charge < -0.3 is 24.9 Å². The van der Waals surface area contributed by atoms with Gasteiger partial charge in [0.2, 0.25) is 24.0 Å². The maximum atomic E-state index is 14.1. The van der Waals surface area contributed by atoms with Crippen molar-refractivity contribution in [2.45, 2.75) is 51.1 Å². The second-order valence-corrected chi connectivity index (χ2v) is 14.1. The molecular weight excluding hydrogens is 783 g/mol. The molecule has 5 aromatic rings. The molecule has 3 N–H and O–H groups in total. The Morgan fingerprint density at radius 1 is 0.966 bits per heavy atom. The summed E-state index contributed by atoms with van der Waals surface area (Å²) >= 11 is 0. The second-order valence-electron chi connectivity index (χ2n) is 14.1. The van der Waals surface area contributed by atoms with Crippen molar-refractivity contribution in [3.05, 3.63) is 101 Å². The minimum Gasteiger partial charge on any atom is -0.444 e. The van der Waals surface area contributed by atoms with Crippen LogP contribution in [0.1, 0.15) is 56.9 Å². The Balaban J connectivity index is 0.880. The average molecular weight is 819 g/mol. The number of imide groups is 1. The van der Waals surface area contributed by atoms with Crippen LogP contribution in [0.4, 0.5) is 39.1 Å². The average Bonchev–Trinajstić information content (AvgIpc) is 3.97. The van der Waals surface area contributed by atoms with Crippen molar-refractivity contribution in [1.82, 2.24) is 34.9 Å². The van der Waals surface area contributed by atoms with Crippen LogP contribution >= 0.6 is 0 Å². The molecule has 2 aromatic carbocycles. The number of carbonyl (C=O) groups is 4. The van der Waals surface area contributed by atoms with E-state index in [9.17, 15) is 41.1 Å². The number of rotatable bonds is 12. The van der Waals surface area contributed by atoms with E-state index in [0.717, 1.165) is 36.2 Å². The monoisotopic (exact) mass is 818 g/mol. The summed E-state index contributed by atoms with van der Waals surface area (Å²) in [6, 6.07) is 14.7. The van der Waals surface area contributed by atoms with Gasteiger partial charge in [0.05, 0.1) is 17.6 Å². The first-order chi connectivity index (χ1) is 28.4. The Labute approximate surface area is 332 Å². The summed E-state index contributed by atoms with van der Waals surface area (Å²) in [5, 5.41) is 10.7. The van der Waals surface area contributed by atoms with Gasteiger partial charge in [-0.25, -0.2) is 36.6 Å². The molecular formula is C39H35F5N10O5. The molecule has 3 aliphatic heterocycles. The molecule has 0 aliphatic carbocycles. The predicted octanol–water partition coefficient (Wildman–Crippen LogP) is 5.17. The number of oxazole rings is 1. The maximum Gasteiger partial charge on any atom is 0.287 e. The number of nitrogens with zero attached hydrogens (tertiary/aromatic N) is 7. The molecule has 2 fully saturated rings. The van der Waals surface area contributed by atoms with Crippen LogP contribution in [-0.2, 0) is 22.7 Å². The van der Waals surface area contributed by atoms with Crippen LogP contribution in [-0.4, -0.2) is 98.1 Å². The van der Waals surface area contributed by atoms with Gasteiger partial charge in [-0.1, -0.05) is 12.1 Å². The molecule has 0 saturated carbocycles. The van der Waals surface area contributed by atoms with E-state index in [1.54, 1.807) is 23.1 Å². The van der Waals surface area contributed by atoms with Gasteiger partial charge >= 0.3 is 0 Å². The van der Waals surface area contributed by atoms with Gasteiger partial charge in [0.1, 0.15) is 18.1 Å². The summed E-state index contributed by atoms with van der Waals surface area (Å²) in [5.41, 5.74) is 2.81. The molecule has 59 heavy (non-hydrogen) atoms. The molecule has 3 aromatic heterocycles. The highest BCUT2D eigenvalue weighted by atomic mass is 19.3. The Kier molecular flexibility index (Phi) is 10.8. The molecule has 2 atom stereocenters. The topological polar surface area (TPSA) is 171 Å². The van der Waals surface area contributed by atoms with E-state index in [4.69, 9.17) is 4.42 Å². The largest absolute Gasteiger partial charge is 0.444 e. The Morgan fingerprint density at radius 2 is 1.73 bits per heavy atom. The smallest absolute Gasteiger partial charge is 0.287 e. The molecule has 6 heterocycles. The van der Waals surface area contributed by atoms with E-state index in [1.165, 1.54) is 29.2 Å². The molecule has 2 unspecified atom stereocenters. The van der Waals surface area contributed by atoms with Crippen LogP contribution in [0.2, 0.25) is 0 Å². The zero-order chi connectivity index (χ0) is 41.4. The van der Waals surface area contributed by atoms with Crippen molar-refractivity contribution >= 4 is 40.8 Å². The number of amides is 4. The van der Waals surface area contributed by atoms with E-state index < -0.39 is 42.7 Å². The van der Waals surface area contributed by atoms with Gasteiger partial charge in [0.25, 0.3) is 24.7 Å². The lowest BCUT2D eigenvalue weighted by Crippen LogP contribution is -2.52. The van der Waals surface area contributed by atoms with Crippen LogP contribution < -0.4 is 20.9 Å². The predicted molar refractivity (Wildman–Crippen MR) is 201 cm³/mol. The molecule has 0 radical (unpaired) electrons. The number of benzene rings is 2. The van der Waals surface area contributed by atoms with Gasteiger partial charge in [0, 0.05) is 68.7 Å². The molecule has 20 heteroatoms. The Morgan fingerprint density at radius 3 is 2.46 bits per heavy atom. The number of hydrogen-bond acceptors (Lipinski definition) is 11. The quantitative estimate of drug-likeness (QED) is 0.0863. The summed E-state index contributed by atoms with van der Waals surface area (Å²) < 4.78 is 73.4. The number of fused-ring (bicyclic) bond motifs is 1. The molecule has 3 aliphatic rings. The fourth-order valence-corrected chi connectivity index (χ4v) is 7.34. The highest BCUT2D eigenvalue weighted by molar-refractivity contribution is 6.05. The number of anilines is 3. The number of pyridine rings is 1. The maximum absolute atomic E-state index is 14.1. The number of alkyl halides is 5. The molecule has 8 rings (SSSR count). The highest BCUT2D eigenvalue weighted by Crippen LogP contribution is 2.32. The number of halogens is 5. The number of piperidine rings is 1. The number of nitrogens with one attached hydrogen (secondary N) is 3. The fraction of sp³-hybridized carbons (Fsp3) is 0.308. The first kappa shape index (κ1) is 39.1. The molecule has 4 amide bonds. The lowest BCUT2D eigenvalue weighted by molar-refractivity contribution is -0.136. The third kappa shape index (κ3) is 8.20. The third-order valence-corrected chi connectivity index (χ3v) is 10.4. The highest BCUT2D eigenvalue weighted by Gasteiger charge is 2.40. The Hall–Kier alpha value is -6.70. The van der Waals surface area contributed by atoms with Crippen LogP contribution in [0.3, 0.4) is 0 Å². The van der Waals surface area contributed by atoms with Crippen molar-refractivity contribution in [2.75, 3.05) is 41.7 Å².